The van der Waals surface area contributed by atoms with E-state index in [2.05, 4.69) is 10.3 Å². The molecule has 6 nitrogen and oxygen atoms in total. The van der Waals surface area contributed by atoms with Crippen molar-refractivity contribution in [1.82, 2.24) is 9.38 Å². The maximum atomic E-state index is 12.7. The number of carbonyl (C=O) groups excluding carboxylic acids is 1. The van der Waals surface area contributed by atoms with E-state index < -0.39 is 6.10 Å². The van der Waals surface area contributed by atoms with Crippen LogP contribution in [0.5, 0.6) is 11.5 Å². The summed E-state index contributed by atoms with van der Waals surface area (Å²) in [4.78, 5) is 18.3. The number of anilines is 1. The highest BCUT2D eigenvalue weighted by atomic mass is 32.1. The number of carbonyl (C=O) groups is 1. The maximum Gasteiger partial charge on any atom is 0.269 e. The first-order valence-corrected chi connectivity index (χ1v) is 9.37. The molecule has 0 aliphatic carbocycles. The van der Waals surface area contributed by atoms with E-state index in [1.54, 1.807) is 17.4 Å². The fourth-order valence-electron chi connectivity index (χ4n) is 3.03. The molecule has 4 aromatic rings. The molecule has 1 aliphatic heterocycles. The Hall–Kier alpha value is -3.32. The lowest BCUT2D eigenvalue weighted by Gasteiger charge is -2.25. The summed E-state index contributed by atoms with van der Waals surface area (Å²) < 4.78 is 13.4. The quantitative estimate of drug-likeness (QED) is 0.589. The Morgan fingerprint density at radius 1 is 1.15 bits per heavy atom. The van der Waals surface area contributed by atoms with Gasteiger partial charge in [0.15, 0.2) is 16.5 Å². The number of para-hydroxylation sites is 3. The summed E-state index contributed by atoms with van der Waals surface area (Å²) in [5, 5.41) is 4.94. The predicted molar refractivity (Wildman–Crippen MR) is 103 cm³/mol. The van der Waals surface area contributed by atoms with E-state index in [4.69, 9.17) is 9.47 Å². The Kier molecular flexibility index (Phi) is 3.79. The number of amides is 1. The van der Waals surface area contributed by atoms with Crippen LogP contribution in [-0.4, -0.2) is 28.0 Å². The Labute approximate surface area is 159 Å². The van der Waals surface area contributed by atoms with E-state index in [1.165, 1.54) is 0 Å². The Bertz CT molecular complexity index is 1110. The fourth-order valence-corrected chi connectivity index (χ4v) is 3.73. The average molecular weight is 377 g/mol. The van der Waals surface area contributed by atoms with Gasteiger partial charge in [0.1, 0.15) is 6.61 Å². The minimum atomic E-state index is -0.710. The molecule has 3 heterocycles. The van der Waals surface area contributed by atoms with Gasteiger partial charge < -0.3 is 14.8 Å². The molecule has 1 atom stereocenters. The average Bonchev–Trinajstić information content (AvgIpc) is 3.30. The van der Waals surface area contributed by atoms with Crippen LogP contribution in [0.1, 0.15) is 0 Å². The van der Waals surface area contributed by atoms with E-state index in [0.717, 1.165) is 16.2 Å². The zero-order chi connectivity index (χ0) is 18.2. The molecule has 134 valence electrons. The van der Waals surface area contributed by atoms with Crippen molar-refractivity contribution in [3.63, 3.8) is 0 Å². The summed E-state index contributed by atoms with van der Waals surface area (Å²) in [6.45, 7) is 0.172. The van der Waals surface area contributed by atoms with Crippen LogP contribution in [0.4, 0.5) is 5.69 Å². The monoisotopic (exact) mass is 377 g/mol. The third kappa shape index (κ3) is 2.92. The van der Waals surface area contributed by atoms with Crippen LogP contribution in [0.25, 0.3) is 16.2 Å². The molecule has 0 bridgehead atoms. The first kappa shape index (κ1) is 15.9. The van der Waals surface area contributed by atoms with Gasteiger partial charge in [-0.05, 0) is 18.2 Å². The van der Waals surface area contributed by atoms with Gasteiger partial charge >= 0.3 is 0 Å². The molecule has 5 rings (SSSR count). The van der Waals surface area contributed by atoms with Crippen molar-refractivity contribution in [3.8, 4) is 22.8 Å². The second-order valence-corrected chi connectivity index (χ2v) is 6.99. The van der Waals surface area contributed by atoms with Gasteiger partial charge in [0, 0.05) is 23.3 Å². The number of fused-ring (bicyclic) bond motifs is 2. The highest BCUT2D eigenvalue weighted by Crippen LogP contribution is 2.32. The van der Waals surface area contributed by atoms with E-state index in [9.17, 15) is 4.79 Å². The van der Waals surface area contributed by atoms with Crippen LogP contribution < -0.4 is 14.8 Å². The molecular weight excluding hydrogens is 362 g/mol. The van der Waals surface area contributed by atoms with E-state index >= 15 is 0 Å². The fraction of sp³-hybridized carbons (Fsp3) is 0.100. The van der Waals surface area contributed by atoms with Crippen molar-refractivity contribution >= 4 is 27.9 Å². The predicted octanol–water partition coefficient (Wildman–Crippen LogP) is 3.84. The first-order valence-electron chi connectivity index (χ1n) is 8.49. The van der Waals surface area contributed by atoms with Crippen LogP contribution in [-0.2, 0) is 4.79 Å². The lowest BCUT2D eigenvalue weighted by atomic mass is 10.1. The Morgan fingerprint density at radius 2 is 1.96 bits per heavy atom. The van der Waals surface area contributed by atoms with Crippen LogP contribution in [0.2, 0.25) is 0 Å². The maximum absolute atomic E-state index is 12.7. The number of benzene rings is 2. The minimum absolute atomic E-state index is 0.172. The molecule has 7 heteroatoms. The standard InChI is InChI=1S/C20H15N3O3S/c24-19(18-12-25-16-7-3-4-8-17(16)26-18)21-14-6-2-1-5-13(14)15-11-23-9-10-27-20(23)22-15/h1-11,18H,12H2,(H,21,24). The van der Waals surface area contributed by atoms with Gasteiger partial charge in [-0.1, -0.05) is 30.3 Å². The second kappa shape index (κ2) is 6.44. The van der Waals surface area contributed by atoms with Crippen molar-refractivity contribution in [2.45, 2.75) is 6.10 Å². The summed E-state index contributed by atoms with van der Waals surface area (Å²) in [5.41, 5.74) is 2.36. The normalized spacial score (nSPS) is 15.6. The topological polar surface area (TPSA) is 64.9 Å². The molecular formula is C20H15N3O3S. The first-order chi connectivity index (χ1) is 13.3. The van der Waals surface area contributed by atoms with Crippen LogP contribution in [0.3, 0.4) is 0 Å². The summed E-state index contributed by atoms with van der Waals surface area (Å²) in [7, 11) is 0. The zero-order valence-electron chi connectivity index (χ0n) is 14.2. The molecule has 0 saturated carbocycles. The van der Waals surface area contributed by atoms with Gasteiger partial charge in [-0.3, -0.25) is 9.20 Å². The number of hydrogen-bond donors (Lipinski definition) is 1. The summed E-state index contributed by atoms with van der Waals surface area (Å²) in [6.07, 6.45) is 3.20. The third-order valence-electron chi connectivity index (χ3n) is 4.36. The molecule has 27 heavy (non-hydrogen) atoms. The molecule has 2 aromatic carbocycles. The minimum Gasteiger partial charge on any atom is -0.485 e. The number of imidazole rings is 1. The highest BCUT2D eigenvalue weighted by molar-refractivity contribution is 7.15. The number of hydrogen-bond acceptors (Lipinski definition) is 5. The lowest BCUT2D eigenvalue weighted by Crippen LogP contribution is -2.40. The van der Waals surface area contributed by atoms with E-state index in [0.29, 0.717) is 17.2 Å². The Balaban J connectivity index is 1.40. The van der Waals surface area contributed by atoms with Crippen LogP contribution in [0.15, 0.2) is 66.3 Å². The number of rotatable bonds is 3. The molecule has 1 amide bonds. The second-order valence-electron chi connectivity index (χ2n) is 6.12. The van der Waals surface area contributed by atoms with Gasteiger partial charge in [0.05, 0.1) is 11.4 Å². The van der Waals surface area contributed by atoms with E-state index in [-0.39, 0.29) is 12.5 Å². The van der Waals surface area contributed by atoms with Crippen molar-refractivity contribution in [2.75, 3.05) is 11.9 Å². The molecule has 0 radical (unpaired) electrons. The zero-order valence-corrected chi connectivity index (χ0v) is 15.0. The van der Waals surface area contributed by atoms with Gasteiger partial charge in [-0.25, -0.2) is 4.98 Å². The van der Waals surface area contributed by atoms with Crippen molar-refractivity contribution < 1.29 is 14.3 Å². The molecule has 2 aromatic heterocycles. The number of thiazole rings is 1. The van der Waals surface area contributed by atoms with Crippen LogP contribution >= 0.6 is 11.3 Å². The van der Waals surface area contributed by atoms with Crippen molar-refractivity contribution in [3.05, 3.63) is 66.3 Å². The van der Waals surface area contributed by atoms with Gasteiger partial charge in [-0.2, -0.15) is 0 Å². The lowest BCUT2D eigenvalue weighted by molar-refractivity contribution is -0.125. The molecule has 1 unspecified atom stereocenters. The van der Waals surface area contributed by atoms with Gasteiger partial charge in [0.2, 0.25) is 6.10 Å². The number of ether oxygens (including phenoxy) is 2. The summed E-state index contributed by atoms with van der Waals surface area (Å²) >= 11 is 1.57. The third-order valence-corrected chi connectivity index (χ3v) is 5.13. The largest absolute Gasteiger partial charge is 0.485 e. The number of nitrogens with zero attached hydrogens (tertiary/aromatic N) is 2. The molecule has 0 saturated heterocycles. The van der Waals surface area contributed by atoms with Crippen molar-refractivity contribution in [1.29, 1.82) is 0 Å². The molecule has 0 fully saturated rings. The van der Waals surface area contributed by atoms with Crippen molar-refractivity contribution in [2.24, 2.45) is 0 Å². The summed E-state index contributed by atoms with van der Waals surface area (Å²) in [5.74, 6) is 0.976. The molecule has 0 spiro atoms. The number of aromatic nitrogens is 2. The van der Waals surface area contributed by atoms with E-state index in [1.807, 2.05) is 64.6 Å². The molecule has 1 aliphatic rings. The van der Waals surface area contributed by atoms with Gasteiger partial charge in [-0.15, -0.1) is 11.3 Å². The smallest absolute Gasteiger partial charge is 0.269 e. The number of nitrogens with one attached hydrogen (secondary N) is 1. The van der Waals surface area contributed by atoms with Crippen LogP contribution in [0, 0.1) is 0 Å². The summed E-state index contributed by atoms with van der Waals surface area (Å²) in [6, 6.07) is 14.9. The Morgan fingerprint density at radius 3 is 2.85 bits per heavy atom. The van der Waals surface area contributed by atoms with Gasteiger partial charge in [0.25, 0.3) is 5.91 Å². The SMILES string of the molecule is O=C(Nc1ccccc1-c1cn2ccsc2n1)C1COc2ccccc2O1. The highest BCUT2D eigenvalue weighted by Gasteiger charge is 2.28. The molecule has 1 N–H and O–H groups in total.